The minimum Gasteiger partial charge on any atom is -0.469 e. The van der Waals surface area contributed by atoms with Gasteiger partial charge in [-0.3, -0.25) is 0 Å². The first kappa shape index (κ1) is 15.4. The van der Waals surface area contributed by atoms with Gasteiger partial charge in [0.2, 0.25) is 0 Å². The van der Waals surface area contributed by atoms with Gasteiger partial charge in [-0.2, -0.15) is 0 Å². The number of rotatable bonds is 4. The number of nitrogens with zero attached hydrogens (tertiary/aromatic N) is 1. The van der Waals surface area contributed by atoms with E-state index in [0.717, 1.165) is 23.2 Å². The van der Waals surface area contributed by atoms with Crippen molar-refractivity contribution >= 4 is 27.5 Å². The zero-order valence-electron chi connectivity index (χ0n) is 14.7. The molecule has 4 aromatic rings. The summed E-state index contributed by atoms with van der Waals surface area (Å²) in [4.78, 5) is 4.84. The number of nitrogens with one attached hydrogen (secondary N) is 1. The molecule has 2 heterocycles. The number of hydrogen-bond acceptors (Lipinski definition) is 3. The smallest absolute Gasteiger partial charge is 0.104 e. The van der Waals surface area contributed by atoms with Gasteiger partial charge in [0.25, 0.3) is 0 Å². The first-order valence-electron chi connectivity index (χ1n) is 9.45. The van der Waals surface area contributed by atoms with Crippen LogP contribution in [0.25, 0.3) is 21.8 Å². The van der Waals surface area contributed by atoms with Crippen LogP contribution in [0.15, 0.2) is 71.3 Å². The molecule has 26 heavy (non-hydrogen) atoms. The second kappa shape index (κ2) is 6.49. The summed E-state index contributed by atoms with van der Waals surface area (Å²) >= 11 is 0. The number of benzene rings is 2. The average Bonchev–Trinajstić information content (AvgIpc) is 3.34. The van der Waals surface area contributed by atoms with Gasteiger partial charge in [-0.05, 0) is 43.0 Å². The molecule has 1 aliphatic rings. The molecule has 3 nitrogen and oxygen atoms in total. The van der Waals surface area contributed by atoms with Crippen molar-refractivity contribution in [3.63, 3.8) is 0 Å². The van der Waals surface area contributed by atoms with Crippen molar-refractivity contribution in [3.8, 4) is 0 Å². The Hall–Kier alpha value is -2.81. The second-order valence-electron chi connectivity index (χ2n) is 7.25. The van der Waals surface area contributed by atoms with Crippen LogP contribution in [0.1, 0.15) is 25.0 Å². The van der Waals surface area contributed by atoms with Crippen LogP contribution in [0.3, 0.4) is 0 Å². The maximum atomic E-state index is 5.60. The third kappa shape index (κ3) is 2.74. The number of hydrogen-bond donors (Lipinski definition) is 1. The van der Waals surface area contributed by atoms with Crippen LogP contribution < -0.4 is 5.32 Å². The Bertz CT molecular complexity index is 985. The molecule has 0 radical (unpaired) electrons. The summed E-state index contributed by atoms with van der Waals surface area (Å²) in [5.74, 6) is 1.69. The summed E-state index contributed by atoms with van der Waals surface area (Å²) in [5, 5.41) is 6.31. The largest absolute Gasteiger partial charge is 0.469 e. The molecule has 0 bridgehead atoms. The Kier molecular flexibility index (Phi) is 3.85. The van der Waals surface area contributed by atoms with Crippen LogP contribution in [0.4, 0.5) is 5.69 Å². The van der Waals surface area contributed by atoms with E-state index in [1.807, 2.05) is 6.07 Å². The number of aromatic nitrogens is 1. The summed E-state index contributed by atoms with van der Waals surface area (Å²) in [6, 6.07) is 21.4. The van der Waals surface area contributed by atoms with Crippen molar-refractivity contribution < 1.29 is 4.42 Å². The fraction of sp³-hybridized carbons (Fsp3) is 0.261. The van der Waals surface area contributed by atoms with E-state index in [1.54, 1.807) is 6.26 Å². The molecule has 3 heteroatoms. The standard InChI is InChI=1S/C23H22N2O/c1-3-11-21-18(9-1)23(19-10-2-4-12-22(19)24-21)25-20-13-5-7-16(20)15-17-8-6-14-26-17/h1-4,6,8-12,14,16,20H,5,7,13,15H2,(H,24,25)/t16-,20+/m1/s1. The van der Waals surface area contributed by atoms with E-state index in [1.165, 1.54) is 35.7 Å². The molecule has 0 aliphatic heterocycles. The van der Waals surface area contributed by atoms with Gasteiger partial charge < -0.3 is 9.73 Å². The zero-order valence-corrected chi connectivity index (χ0v) is 14.7. The van der Waals surface area contributed by atoms with Gasteiger partial charge in [-0.1, -0.05) is 42.8 Å². The Morgan fingerprint density at radius 2 is 1.62 bits per heavy atom. The number of pyridine rings is 1. The number of furan rings is 1. The van der Waals surface area contributed by atoms with Crippen LogP contribution in [-0.2, 0) is 6.42 Å². The van der Waals surface area contributed by atoms with E-state index in [2.05, 4.69) is 59.9 Å². The molecular formula is C23H22N2O. The van der Waals surface area contributed by atoms with Gasteiger partial charge in [-0.25, -0.2) is 4.98 Å². The topological polar surface area (TPSA) is 38.1 Å². The fourth-order valence-electron chi connectivity index (χ4n) is 4.34. The first-order valence-corrected chi connectivity index (χ1v) is 9.45. The van der Waals surface area contributed by atoms with E-state index >= 15 is 0 Å². The van der Waals surface area contributed by atoms with Gasteiger partial charge in [-0.15, -0.1) is 0 Å². The van der Waals surface area contributed by atoms with E-state index in [-0.39, 0.29) is 0 Å². The molecule has 130 valence electrons. The highest BCUT2D eigenvalue weighted by atomic mass is 16.3. The van der Waals surface area contributed by atoms with Crippen LogP contribution in [0.5, 0.6) is 0 Å². The van der Waals surface area contributed by atoms with Crippen LogP contribution in [0, 0.1) is 5.92 Å². The summed E-state index contributed by atoms with van der Waals surface area (Å²) in [6.45, 7) is 0. The molecule has 1 aliphatic carbocycles. The van der Waals surface area contributed by atoms with Gasteiger partial charge >= 0.3 is 0 Å². The Labute approximate surface area is 153 Å². The average molecular weight is 342 g/mol. The number of anilines is 1. The molecule has 0 unspecified atom stereocenters. The fourth-order valence-corrected chi connectivity index (χ4v) is 4.34. The highest BCUT2D eigenvalue weighted by Gasteiger charge is 2.29. The maximum Gasteiger partial charge on any atom is 0.104 e. The van der Waals surface area contributed by atoms with Gasteiger partial charge in [0.15, 0.2) is 0 Å². The highest BCUT2D eigenvalue weighted by Crippen LogP contribution is 2.36. The van der Waals surface area contributed by atoms with Crippen LogP contribution >= 0.6 is 0 Å². The molecule has 1 saturated carbocycles. The summed E-state index contributed by atoms with van der Waals surface area (Å²) in [6.07, 6.45) is 6.50. The second-order valence-corrected chi connectivity index (χ2v) is 7.25. The molecule has 0 spiro atoms. The predicted octanol–water partition coefficient (Wildman–Crippen LogP) is 5.80. The number of para-hydroxylation sites is 2. The molecule has 2 aromatic carbocycles. The summed E-state index contributed by atoms with van der Waals surface area (Å²) in [7, 11) is 0. The molecule has 0 amide bonds. The van der Waals surface area contributed by atoms with Crippen LogP contribution in [-0.4, -0.2) is 11.0 Å². The van der Waals surface area contributed by atoms with Crippen molar-refractivity contribution in [1.82, 2.24) is 4.98 Å². The summed E-state index contributed by atoms with van der Waals surface area (Å²) < 4.78 is 5.60. The Morgan fingerprint density at radius 1 is 0.885 bits per heavy atom. The van der Waals surface area contributed by atoms with Gasteiger partial charge in [0.1, 0.15) is 5.76 Å². The van der Waals surface area contributed by atoms with Gasteiger partial charge in [0.05, 0.1) is 23.0 Å². The normalized spacial score (nSPS) is 20.0. The van der Waals surface area contributed by atoms with Crippen LogP contribution in [0.2, 0.25) is 0 Å². The molecule has 5 rings (SSSR count). The lowest BCUT2D eigenvalue weighted by Crippen LogP contribution is -2.25. The monoisotopic (exact) mass is 342 g/mol. The maximum absolute atomic E-state index is 5.60. The third-order valence-electron chi connectivity index (χ3n) is 5.62. The lowest BCUT2D eigenvalue weighted by atomic mass is 9.97. The minimum atomic E-state index is 0.467. The third-order valence-corrected chi connectivity index (χ3v) is 5.62. The first-order chi connectivity index (χ1) is 12.9. The highest BCUT2D eigenvalue weighted by molar-refractivity contribution is 6.07. The molecule has 0 saturated heterocycles. The van der Waals surface area contributed by atoms with Crippen molar-refractivity contribution in [2.75, 3.05) is 5.32 Å². The molecule has 2 atom stereocenters. The summed E-state index contributed by atoms with van der Waals surface area (Å²) in [5.41, 5.74) is 3.33. The lowest BCUT2D eigenvalue weighted by molar-refractivity contribution is 0.427. The van der Waals surface area contributed by atoms with E-state index < -0.39 is 0 Å². The van der Waals surface area contributed by atoms with Crippen molar-refractivity contribution in [3.05, 3.63) is 72.7 Å². The Morgan fingerprint density at radius 3 is 2.31 bits per heavy atom. The molecule has 1 fully saturated rings. The number of fused-ring (bicyclic) bond motifs is 2. The van der Waals surface area contributed by atoms with Gasteiger partial charge in [0, 0.05) is 23.2 Å². The quantitative estimate of drug-likeness (QED) is 0.476. The molecule has 2 aromatic heterocycles. The molecule has 1 N–H and O–H groups in total. The van der Waals surface area contributed by atoms with E-state index in [4.69, 9.17) is 9.40 Å². The predicted molar refractivity (Wildman–Crippen MR) is 106 cm³/mol. The van der Waals surface area contributed by atoms with E-state index in [9.17, 15) is 0 Å². The van der Waals surface area contributed by atoms with Crippen molar-refractivity contribution in [1.29, 1.82) is 0 Å². The minimum absolute atomic E-state index is 0.467. The Balaban J connectivity index is 1.55. The van der Waals surface area contributed by atoms with Crippen molar-refractivity contribution in [2.24, 2.45) is 5.92 Å². The molecular weight excluding hydrogens is 320 g/mol. The van der Waals surface area contributed by atoms with E-state index in [0.29, 0.717) is 12.0 Å². The van der Waals surface area contributed by atoms with Crippen molar-refractivity contribution in [2.45, 2.75) is 31.7 Å². The lowest BCUT2D eigenvalue weighted by Gasteiger charge is -2.23. The SMILES string of the molecule is c1coc(C[C@H]2CCC[C@@H]2Nc2c3ccccc3nc3ccccc23)c1. The zero-order chi connectivity index (χ0) is 17.3.